The minimum absolute atomic E-state index is 0.327. The van der Waals surface area contributed by atoms with Crippen LogP contribution in [0.1, 0.15) is 27.4 Å². The molecule has 128 valence electrons. The van der Waals surface area contributed by atoms with Gasteiger partial charge in [-0.3, -0.25) is 0 Å². The van der Waals surface area contributed by atoms with Crippen LogP contribution in [0.15, 0.2) is 53.1 Å². The maximum atomic E-state index is 12.2. The van der Waals surface area contributed by atoms with E-state index in [4.69, 9.17) is 25.6 Å². The van der Waals surface area contributed by atoms with Crippen LogP contribution < -0.4 is 9.47 Å². The van der Waals surface area contributed by atoms with Crippen LogP contribution in [0.4, 0.5) is 0 Å². The van der Waals surface area contributed by atoms with Crippen molar-refractivity contribution in [2.45, 2.75) is 20.5 Å². The number of aromatic nitrogens is 1. The Balaban J connectivity index is 1.64. The number of aryl methyl sites for hydroxylation is 2. The summed E-state index contributed by atoms with van der Waals surface area (Å²) >= 11 is 5.99. The summed E-state index contributed by atoms with van der Waals surface area (Å²) in [4.78, 5) is 12.2. The van der Waals surface area contributed by atoms with Crippen LogP contribution in [-0.4, -0.2) is 11.1 Å². The lowest BCUT2D eigenvalue weighted by atomic mass is 10.2. The molecule has 0 aliphatic carbocycles. The van der Waals surface area contributed by atoms with Gasteiger partial charge in [0.05, 0.1) is 21.8 Å². The number of carbonyl (C=O) groups excluding carboxylic acids is 1. The molecule has 0 radical (unpaired) electrons. The highest BCUT2D eigenvalue weighted by atomic mass is 35.5. The van der Waals surface area contributed by atoms with E-state index in [1.165, 1.54) is 0 Å². The molecule has 2 aromatic carbocycles. The molecule has 0 aliphatic rings. The molecule has 3 rings (SSSR count). The Kier molecular flexibility index (Phi) is 5.05. The number of para-hydroxylation sites is 1. The molecule has 0 N–H and O–H groups in total. The lowest BCUT2D eigenvalue weighted by Crippen LogP contribution is -2.08. The predicted octanol–water partition coefficient (Wildman–Crippen LogP) is 4.74. The summed E-state index contributed by atoms with van der Waals surface area (Å²) in [7, 11) is 0. The van der Waals surface area contributed by atoms with E-state index in [0.29, 0.717) is 28.7 Å². The van der Waals surface area contributed by atoms with Crippen LogP contribution in [-0.2, 0) is 6.61 Å². The van der Waals surface area contributed by atoms with Gasteiger partial charge in [0.1, 0.15) is 23.9 Å². The van der Waals surface area contributed by atoms with Gasteiger partial charge in [-0.25, -0.2) is 4.79 Å². The van der Waals surface area contributed by atoms with Gasteiger partial charge in [0.25, 0.3) is 0 Å². The normalized spacial score (nSPS) is 10.5. The van der Waals surface area contributed by atoms with Crippen molar-refractivity contribution < 1.29 is 18.8 Å². The number of halogens is 1. The molecule has 0 spiro atoms. The van der Waals surface area contributed by atoms with E-state index in [2.05, 4.69) is 5.16 Å². The number of nitrogens with zero attached hydrogens (tertiary/aromatic N) is 1. The first kappa shape index (κ1) is 17.0. The lowest BCUT2D eigenvalue weighted by Gasteiger charge is -2.08. The van der Waals surface area contributed by atoms with Gasteiger partial charge in [-0.1, -0.05) is 28.9 Å². The summed E-state index contributed by atoms with van der Waals surface area (Å²) < 4.78 is 16.1. The van der Waals surface area contributed by atoms with Crippen molar-refractivity contribution in [1.29, 1.82) is 0 Å². The van der Waals surface area contributed by atoms with Crippen molar-refractivity contribution in [3.05, 3.63) is 76.1 Å². The standard InChI is InChI=1S/C19H16ClNO4/c1-12-16(13(2)25-21-12)11-23-15-9-7-14(8-10-15)19(22)24-18-6-4-3-5-17(18)20/h3-10H,11H2,1-2H3. The number of rotatable bonds is 5. The Morgan fingerprint density at radius 1 is 1.12 bits per heavy atom. The SMILES string of the molecule is Cc1noc(C)c1COc1ccc(C(=O)Oc2ccccc2Cl)cc1. The van der Waals surface area contributed by atoms with Gasteiger partial charge in [0.15, 0.2) is 0 Å². The molecule has 1 aromatic heterocycles. The van der Waals surface area contributed by atoms with Gasteiger partial charge in [0.2, 0.25) is 0 Å². The second-order valence-corrected chi connectivity index (χ2v) is 5.84. The van der Waals surface area contributed by atoms with E-state index in [-0.39, 0.29) is 0 Å². The number of ether oxygens (including phenoxy) is 2. The Morgan fingerprint density at radius 2 is 1.84 bits per heavy atom. The number of hydrogen-bond acceptors (Lipinski definition) is 5. The highest BCUT2D eigenvalue weighted by Gasteiger charge is 2.12. The largest absolute Gasteiger partial charge is 0.489 e. The maximum absolute atomic E-state index is 12.2. The average molecular weight is 358 g/mol. The number of esters is 1. The minimum atomic E-state index is -0.481. The molecule has 0 saturated carbocycles. The van der Waals surface area contributed by atoms with E-state index >= 15 is 0 Å². The maximum Gasteiger partial charge on any atom is 0.343 e. The zero-order valence-corrected chi connectivity index (χ0v) is 14.5. The monoisotopic (exact) mass is 357 g/mol. The second-order valence-electron chi connectivity index (χ2n) is 5.44. The Morgan fingerprint density at radius 3 is 2.48 bits per heavy atom. The van der Waals surface area contributed by atoms with Crippen LogP contribution in [0.2, 0.25) is 5.02 Å². The van der Waals surface area contributed by atoms with Crippen LogP contribution in [0, 0.1) is 13.8 Å². The summed E-state index contributed by atoms with van der Waals surface area (Å²) in [5.41, 5.74) is 2.13. The Bertz CT molecular complexity index is 867. The van der Waals surface area contributed by atoms with Crippen molar-refractivity contribution in [2.75, 3.05) is 0 Å². The Hall–Kier alpha value is -2.79. The molecule has 5 nitrogen and oxygen atoms in total. The van der Waals surface area contributed by atoms with Crippen molar-refractivity contribution in [1.82, 2.24) is 5.16 Å². The molecule has 0 unspecified atom stereocenters. The van der Waals surface area contributed by atoms with Gasteiger partial charge in [-0.2, -0.15) is 0 Å². The highest BCUT2D eigenvalue weighted by molar-refractivity contribution is 6.32. The zero-order valence-electron chi connectivity index (χ0n) is 13.8. The van der Waals surface area contributed by atoms with E-state index in [1.54, 1.807) is 48.5 Å². The highest BCUT2D eigenvalue weighted by Crippen LogP contribution is 2.24. The first-order valence-electron chi connectivity index (χ1n) is 7.66. The number of benzene rings is 2. The van der Waals surface area contributed by atoms with Crippen molar-refractivity contribution in [3.63, 3.8) is 0 Å². The fourth-order valence-electron chi connectivity index (χ4n) is 2.24. The lowest BCUT2D eigenvalue weighted by molar-refractivity contribution is 0.0735. The predicted molar refractivity (Wildman–Crippen MR) is 93.2 cm³/mol. The molecule has 25 heavy (non-hydrogen) atoms. The molecule has 0 atom stereocenters. The first-order valence-corrected chi connectivity index (χ1v) is 8.03. The molecular formula is C19H16ClNO4. The van der Waals surface area contributed by atoms with Gasteiger partial charge in [-0.15, -0.1) is 0 Å². The summed E-state index contributed by atoms with van der Waals surface area (Å²) in [6, 6.07) is 13.5. The quantitative estimate of drug-likeness (QED) is 0.487. The molecule has 6 heteroatoms. The van der Waals surface area contributed by atoms with Gasteiger partial charge in [-0.05, 0) is 50.2 Å². The van der Waals surface area contributed by atoms with Crippen LogP contribution in [0.5, 0.6) is 11.5 Å². The van der Waals surface area contributed by atoms with E-state index in [0.717, 1.165) is 17.0 Å². The van der Waals surface area contributed by atoms with Crippen molar-refractivity contribution in [2.24, 2.45) is 0 Å². The first-order chi connectivity index (χ1) is 12.0. The summed E-state index contributed by atoms with van der Waals surface area (Å²) in [5.74, 6) is 1.21. The topological polar surface area (TPSA) is 61.6 Å². The van der Waals surface area contributed by atoms with E-state index in [9.17, 15) is 4.79 Å². The molecular weight excluding hydrogens is 342 g/mol. The molecule has 3 aromatic rings. The summed E-state index contributed by atoms with van der Waals surface area (Å²) in [5, 5.41) is 4.27. The third-order valence-electron chi connectivity index (χ3n) is 3.69. The Labute approximate surface area is 150 Å². The van der Waals surface area contributed by atoms with E-state index < -0.39 is 5.97 Å². The van der Waals surface area contributed by atoms with Crippen LogP contribution >= 0.6 is 11.6 Å². The third kappa shape index (κ3) is 4.00. The number of hydrogen-bond donors (Lipinski definition) is 0. The molecule has 0 fully saturated rings. The van der Waals surface area contributed by atoms with Crippen LogP contribution in [0.25, 0.3) is 0 Å². The average Bonchev–Trinajstić information content (AvgIpc) is 2.93. The molecule has 1 heterocycles. The smallest absolute Gasteiger partial charge is 0.343 e. The van der Waals surface area contributed by atoms with Gasteiger partial charge < -0.3 is 14.0 Å². The molecule has 0 saturated heterocycles. The van der Waals surface area contributed by atoms with E-state index in [1.807, 2.05) is 13.8 Å². The third-order valence-corrected chi connectivity index (χ3v) is 4.01. The summed E-state index contributed by atoms with van der Waals surface area (Å²) in [6.45, 7) is 4.06. The second kappa shape index (κ2) is 7.40. The molecule has 0 bridgehead atoms. The van der Waals surface area contributed by atoms with Crippen molar-refractivity contribution in [3.8, 4) is 11.5 Å². The van der Waals surface area contributed by atoms with Crippen molar-refractivity contribution >= 4 is 17.6 Å². The fourth-order valence-corrected chi connectivity index (χ4v) is 2.41. The molecule has 0 aliphatic heterocycles. The van der Waals surface area contributed by atoms with Crippen LogP contribution in [0.3, 0.4) is 0 Å². The van der Waals surface area contributed by atoms with Gasteiger partial charge in [0, 0.05) is 0 Å². The minimum Gasteiger partial charge on any atom is -0.489 e. The zero-order chi connectivity index (χ0) is 17.8. The molecule has 0 amide bonds. The number of carbonyl (C=O) groups is 1. The van der Waals surface area contributed by atoms with Gasteiger partial charge >= 0.3 is 5.97 Å². The fraction of sp³-hybridized carbons (Fsp3) is 0.158. The summed E-state index contributed by atoms with van der Waals surface area (Å²) in [6.07, 6.45) is 0.